The van der Waals surface area contributed by atoms with Crippen LogP contribution in [-0.2, 0) is 6.42 Å². The molecule has 0 unspecified atom stereocenters. The monoisotopic (exact) mass is 497 g/mol. The standard InChI is InChI=1S/C19H20ClN5O.HI/c1-26-18-8-7-15(11-17(18)20)24-19(21)22-10-9-14-12-23-25(13-14)16-5-3-2-4-6-16;/h2-8,11-13H,9-10H2,1H3,(H3,21,22,24);1H. The van der Waals surface area contributed by atoms with E-state index in [1.807, 2.05) is 53.5 Å². The SMILES string of the molecule is COc1ccc(NC(N)=NCCc2cnn(-c3ccccc3)c2)cc1Cl.I. The minimum atomic E-state index is 0. The Hall–Kier alpha value is -2.26. The third kappa shape index (κ3) is 5.86. The summed E-state index contributed by atoms with van der Waals surface area (Å²) in [5.74, 6) is 0.949. The maximum atomic E-state index is 6.10. The van der Waals surface area contributed by atoms with E-state index < -0.39 is 0 Å². The van der Waals surface area contributed by atoms with Gasteiger partial charge in [-0.05, 0) is 42.3 Å². The first-order valence-electron chi connectivity index (χ1n) is 8.15. The molecule has 0 aliphatic heterocycles. The number of aromatic nitrogens is 2. The summed E-state index contributed by atoms with van der Waals surface area (Å²) < 4.78 is 6.97. The number of guanidine groups is 1. The Morgan fingerprint density at radius 1 is 1.26 bits per heavy atom. The zero-order valence-electron chi connectivity index (χ0n) is 14.8. The van der Waals surface area contributed by atoms with Crippen molar-refractivity contribution in [2.24, 2.45) is 10.7 Å². The number of hydrogen-bond acceptors (Lipinski definition) is 3. The highest BCUT2D eigenvalue weighted by atomic mass is 127. The molecule has 6 nitrogen and oxygen atoms in total. The number of benzene rings is 2. The number of halogens is 2. The van der Waals surface area contributed by atoms with Crippen LogP contribution in [0, 0.1) is 0 Å². The van der Waals surface area contributed by atoms with Crippen molar-refractivity contribution in [1.29, 1.82) is 0 Å². The van der Waals surface area contributed by atoms with Crippen LogP contribution in [0.2, 0.25) is 5.02 Å². The summed E-state index contributed by atoms with van der Waals surface area (Å²) in [6.45, 7) is 0.559. The molecule has 0 amide bonds. The van der Waals surface area contributed by atoms with E-state index in [1.165, 1.54) is 0 Å². The quantitative estimate of drug-likeness (QED) is 0.305. The molecule has 0 saturated carbocycles. The van der Waals surface area contributed by atoms with Gasteiger partial charge in [0.1, 0.15) is 5.75 Å². The van der Waals surface area contributed by atoms with Crippen molar-refractivity contribution in [3.8, 4) is 11.4 Å². The number of para-hydroxylation sites is 1. The van der Waals surface area contributed by atoms with Gasteiger partial charge in [0, 0.05) is 18.4 Å². The summed E-state index contributed by atoms with van der Waals surface area (Å²) in [6.07, 6.45) is 4.59. The van der Waals surface area contributed by atoms with Gasteiger partial charge in [0.2, 0.25) is 0 Å². The highest BCUT2D eigenvalue weighted by molar-refractivity contribution is 14.0. The average Bonchev–Trinajstić information content (AvgIpc) is 3.11. The molecule has 1 heterocycles. The predicted octanol–water partition coefficient (Wildman–Crippen LogP) is 4.12. The van der Waals surface area contributed by atoms with Gasteiger partial charge in [-0.25, -0.2) is 4.68 Å². The molecule has 0 radical (unpaired) electrons. The van der Waals surface area contributed by atoms with Crippen LogP contribution in [0.4, 0.5) is 5.69 Å². The molecule has 8 heteroatoms. The second kappa shape index (κ2) is 10.2. The molecular weight excluding hydrogens is 477 g/mol. The van der Waals surface area contributed by atoms with Gasteiger partial charge in [-0.1, -0.05) is 29.8 Å². The Labute approximate surface area is 180 Å². The average molecular weight is 498 g/mol. The number of nitrogens with one attached hydrogen (secondary N) is 1. The Balaban J connectivity index is 0.00000261. The number of hydrogen-bond donors (Lipinski definition) is 2. The first kappa shape index (κ1) is 21.0. The fourth-order valence-corrected chi connectivity index (χ4v) is 2.71. The largest absolute Gasteiger partial charge is 0.495 e. The van der Waals surface area contributed by atoms with Crippen LogP contribution in [-0.4, -0.2) is 29.4 Å². The maximum Gasteiger partial charge on any atom is 0.193 e. The molecule has 1 aromatic heterocycles. The molecule has 0 atom stereocenters. The molecule has 0 fully saturated rings. The first-order chi connectivity index (χ1) is 12.7. The van der Waals surface area contributed by atoms with E-state index in [2.05, 4.69) is 15.4 Å². The molecule has 27 heavy (non-hydrogen) atoms. The molecule has 3 rings (SSSR count). The summed E-state index contributed by atoms with van der Waals surface area (Å²) in [7, 11) is 1.57. The number of ether oxygens (including phenoxy) is 1. The zero-order valence-corrected chi connectivity index (χ0v) is 17.9. The summed E-state index contributed by atoms with van der Waals surface area (Å²) in [5.41, 5.74) is 8.81. The molecule has 0 bridgehead atoms. The van der Waals surface area contributed by atoms with Gasteiger partial charge < -0.3 is 15.8 Å². The minimum absolute atomic E-state index is 0. The first-order valence-corrected chi connectivity index (χ1v) is 8.53. The van der Waals surface area contributed by atoms with Gasteiger partial charge >= 0.3 is 0 Å². The second-order valence-corrected chi connectivity index (χ2v) is 6.03. The maximum absolute atomic E-state index is 6.10. The number of rotatable bonds is 6. The normalized spacial score (nSPS) is 11.0. The highest BCUT2D eigenvalue weighted by Gasteiger charge is 2.03. The van der Waals surface area contributed by atoms with Crippen LogP contribution in [0.15, 0.2) is 65.9 Å². The van der Waals surface area contributed by atoms with E-state index in [1.54, 1.807) is 19.2 Å². The van der Waals surface area contributed by atoms with Gasteiger partial charge in [0.25, 0.3) is 0 Å². The van der Waals surface area contributed by atoms with Crippen LogP contribution in [0.1, 0.15) is 5.56 Å². The molecule has 142 valence electrons. The molecule has 0 aliphatic rings. The van der Waals surface area contributed by atoms with Crippen molar-refractivity contribution in [2.75, 3.05) is 19.0 Å². The third-order valence-corrected chi connectivity index (χ3v) is 4.06. The van der Waals surface area contributed by atoms with Gasteiger partial charge in [-0.2, -0.15) is 5.10 Å². The van der Waals surface area contributed by atoms with Crippen molar-refractivity contribution in [2.45, 2.75) is 6.42 Å². The van der Waals surface area contributed by atoms with Crippen molar-refractivity contribution in [3.05, 3.63) is 71.5 Å². The Morgan fingerprint density at radius 3 is 2.74 bits per heavy atom. The minimum Gasteiger partial charge on any atom is -0.495 e. The van der Waals surface area contributed by atoms with E-state index in [0.29, 0.717) is 23.3 Å². The van der Waals surface area contributed by atoms with Crippen LogP contribution >= 0.6 is 35.6 Å². The van der Waals surface area contributed by atoms with Crippen LogP contribution < -0.4 is 15.8 Å². The number of aliphatic imine (C=N–C) groups is 1. The lowest BCUT2D eigenvalue weighted by Crippen LogP contribution is -2.23. The topological polar surface area (TPSA) is 77.5 Å². The zero-order chi connectivity index (χ0) is 18.4. The summed E-state index contributed by atoms with van der Waals surface area (Å²) in [4.78, 5) is 4.34. The fraction of sp³-hybridized carbons (Fsp3) is 0.158. The molecular formula is C19H21ClIN5O. The molecule has 3 aromatic rings. The smallest absolute Gasteiger partial charge is 0.193 e. The van der Waals surface area contributed by atoms with Gasteiger partial charge in [-0.3, -0.25) is 4.99 Å². The van der Waals surface area contributed by atoms with Gasteiger partial charge in [0.15, 0.2) is 5.96 Å². The van der Waals surface area contributed by atoms with Crippen LogP contribution in [0.3, 0.4) is 0 Å². The Morgan fingerprint density at radius 2 is 2.04 bits per heavy atom. The lowest BCUT2D eigenvalue weighted by atomic mass is 10.2. The number of nitrogens with two attached hydrogens (primary N) is 1. The van der Waals surface area contributed by atoms with Crippen LogP contribution in [0.5, 0.6) is 5.75 Å². The van der Waals surface area contributed by atoms with Crippen molar-refractivity contribution < 1.29 is 4.74 Å². The van der Waals surface area contributed by atoms with E-state index in [9.17, 15) is 0 Å². The fourth-order valence-electron chi connectivity index (χ4n) is 2.45. The van der Waals surface area contributed by atoms with E-state index >= 15 is 0 Å². The summed E-state index contributed by atoms with van der Waals surface area (Å²) in [5, 5.41) is 7.90. The third-order valence-electron chi connectivity index (χ3n) is 3.76. The second-order valence-electron chi connectivity index (χ2n) is 5.62. The number of methoxy groups -OCH3 is 1. The van der Waals surface area contributed by atoms with Crippen molar-refractivity contribution >= 4 is 47.2 Å². The number of nitrogens with zero attached hydrogens (tertiary/aromatic N) is 3. The van der Waals surface area contributed by atoms with E-state index in [-0.39, 0.29) is 24.0 Å². The summed E-state index contributed by atoms with van der Waals surface area (Å²) >= 11 is 6.10. The highest BCUT2D eigenvalue weighted by Crippen LogP contribution is 2.27. The number of anilines is 1. The van der Waals surface area contributed by atoms with Gasteiger partial charge in [-0.15, -0.1) is 24.0 Å². The van der Waals surface area contributed by atoms with Crippen molar-refractivity contribution in [1.82, 2.24) is 9.78 Å². The summed E-state index contributed by atoms with van der Waals surface area (Å²) in [6, 6.07) is 15.3. The van der Waals surface area contributed by atoms with Gasteiger partial charge in [0.05, 0.1) is 24.0 Å². The molecule has 2 aromatic carbocycles. The Kier molecular flexibility index (Phi) is 7.93. The van der Waals surface area contributed by atoms with E-state index in [4.69, 9.17) is 22.1 Å². The van der Waals surface area contributed by atoms with E-state index in [0.717, 1.165) is 23.4 Å². The predicted molar refractivity (Wildman–Crippen MR) is 121 cm³/mol. The lowest BCUT2D eigenvalue weighted by molar-refractivity contribution is 0.415. The molecule has 3 N–H and O–H groups in total. The Bertz CT molecular complexity index is 898. The molecule has 0 aliphatic carbocycles. The molecule has 0 saturated heterocycles. The lowest BCUT2D eigenvalue weighted by Gasteiger charge is -2.08. The molecule has 0 spiro atoms. The van der Waals surface area contributed by atoms with Crippen LogP contribution in [0.25, 0.3) is 5.69 Å². The van der Waals surface area contributed by atoms with Crippen molar-refractivity contribution in [3.63, 3.8) is 0 Å².